The molecule has 0 aromatic rings. The summed E-state index contributed by atoms with van der Waals surface area (Å²) in [7, 11) is 1.33. The first-order valence-corrected chi connectivity index (χ1v) is 12.6. The number of Topliss-reactive ketones (excluding diaryl/α,β-unsaturated/α-hetero) is 2. The van der Waals surface area contributed by atoms with Crippen molar-refractivity contribution in [1.82, 2.24) is 0 Å². The van der Waals surface area contributed by atoms with Crippen molar-refractivity contribution in [1.29, 1.82) is 0 Å². The van der Waals surface area contributed by atoms with Crippen molar-refractivity contribution in [3.05, 3.63) is 0 Å². The molecule has 0 aliphatic carbocycles. The zero-order valence-corrected chi connectivity index (χ0v) is 20.8. The second kappa shape index (κ2) is 17.5. The van der Waals surface area contributed by atoms with E-state index in [0.29, 0.717) is 49.6 Å². The molecule has 0 aromatic heterocycles. The van der Waals surface area contributed by atoms with Gasteiger partial charge >= 0.3 is 11.9 Å². The van der Waals surface area contributed by atoms with E-state index in [1.54, 1.807) is 0 Å². The second-order valence-corrected chi connectivity index (χ2v) is 9.96. The van der Waals surface area contributed by atoms with E-state index in [0.717, 1.165) is 10.8 Å². The fourth-order valence-electron chi connectivity index (χ4n) is 2.84. The van der Waals surface area contributed by atoms with Crippen LogP contribution in [-0.2, 0) is 19.2 Å². The van der Waals surface area contributed by atoms with Gasteiger partial charge in [0, 0.05) is 5.75 Å². The lowest BCUT2D eigenvalue weighted by Gasteiger charge is -2.36. The molecule has 12 nitrogen and oxygen atoms in total. The van der Waals surface area contributed by atoms with Crippen LogP contribution >= 0.6 is 34.0 Å². The molecule has 0 amide bonds. The minimum absolute atomic E-state index is 0. The number of nitrogens with two attached hydrogens (primary N) is 6. The maximum Gasteiger partial charge on any atom is 0.322 e. The van der Waals surface area contributed by atoms with Crippen LogP contribution in [0, 0.1) is 0 Å². The number of halogens is 1. The van der Waals surface area contributed by atoms with Gasteiger partial charge in [-0.15, -0.1) is 12.4 Å². The van der Waals surface area contributed by atoms with E-state index in [9.17, 15) is 24.3 Å². The van der Waals surface area contributed by atoms with Gasteiger partial charge in [-0.2, -0.15) is 0 Å². The van der Waals surface area contributed by atoms with Gasteiger partial charge in [-0.1, -0.05) is 34.4 Å². The second-order valence-electron chi connectivity index (χ2n) is 7.37. The standard InChI is InChI=1S/C18H36N6O6S2.ClH/c19-7-3-1-5-10(21)14(25)18(13(24)17(29)30,32-31-9-12(23)16(27)28)15(26)11(22)6-2-4-8-20;/h10-13H,1-9,19-24H2,(H,27,28)(H,29,30);1H. The van der Waals surface area contributed by atoms with Gasteiger partial charge < -0.3 is 44.6 Å². The third-order valence-electron chi connectivity index (χ3n) is 4.80. The highest BCUT2D eigenvalue weighted by Gasteiger charge is 2.56. The highest BCUT2D eigenvalue weighted by Crippen LogP contribution is 2.42. The average molecular weight is 533 g/mol. The molecule has 14 N–H and O–H groups in total. The van der Waals surface area contributed by atoms with Crippen molar-refractivity contribution in [3.8, 4) is 0 Å². The van der Waals surface area contributed by atoms with Crippen molar-refractivity contribution >= 4 is 57.5 Å². The number of carbonyl (C=O) groups is 4. The van der Waals surface area contributed by atoms with Gasteiger partial charge in [-0.25, -0.2) is 0 Å². The number of unbranched alkanes of at least 4 members (excludes halogenated alkanes) is 2. The Labute approximate surface area is 207 Å². The van der Waals surface area contributed by atoms with Crippen LogP contribution in [0.1, 0.15) is 38.5 Å². The maximum atomic E-state index is 13.4. The number of rotatable bonds is 19. The van der Waals surface area contributed by atoms with Crippen molar-refractivity contribution in [2.45, 2.75) is 67.4 Å². The van der Waals surface area contributed by atoms with Gasteiger partial charge in [0.05, 0.1) is 12.1 Å². The summed E-state index contributed by atoms with van der Waals surface area (Å²) in [6.07, 6.45) is 2.47. The van der Waals surface area contributed by atoms with Crippen LogP contribution in [0.25, 0.3) is 0 Å². The molecule has 4 atom stereocenters. The summed E-state index contributed by atoms with van der Waals surface area (Å²) in [6, 6.07) is -5.63. The van der Waals surface area contributed by atoms with Crippen molar-refractivity contribution < 1.29 is 29.4 Å². The Hall–Kier alpha value is -0.970. The lowest BCUT2D eigenvalue weighted by atomic mass is 9.81. The molecular weight excluding hydrogens is 496 g/mol. The summed E-state index contributed by atoms with van der Waals surface area (Å²) in [6.45, 7) is 0.757. The Kier molecular flexibility index (Phi) is 18.1. The fourth-order valence-corrected chi connectivity index (χ4v) is 6.06. The minimum Gasteiger partial charge on any atom is -0.480 e. The maximum absolute atomic E-state index is 13.4. The summed E-state index contributed by atoms with van der Waals surface area (Å²) >= 11 is 0. The first-order chi connectivity index (χ1) is 15.0. The van der Waals surface area contributed by atoms with Crippen LogP contribution in [0.15, 0.2) is 0 Å². The van der Waals surface area contributed by atoms with E-state index in [1.165, 1.54) is 0 Å². The van der Waals surface area contributed by atoms with Gasteiger partial charge in [0.15, 0.2) is 16.3 Å². The molecule has 33 heavy (non-hydrogen) atoms. The van der Waals surface area contributed by atoms with Crippen molar-refractivity contribution in [2.24, 2.45) is 34.4 Å². The van der Waals surface area contributed by atoms with E-state index in [4.69, 9.17) is 39.5 Å². The fraction of sp³-hybridized carbons (Fsp3) is 0.778. The third-order valence-corrected chi connectivity index (χ3v) is 7.89. The summed E-state index contributed by atoms with van der Waals surface area (Å²) in [4.78, 5) is 49.7. The quantitative estimate of drug-likeness (QED) is 0.0528. The third kappa shape index (κ3) is 10.4. The van der Waals surface area contributed by atoms with Crippen molar-refractivity contribution in [2.75, 3.05) is 18.8 Å². The molecule has 0 spiro atoms. The average Bonchev–Trinajstić information content (AvgIpc) is 2.75. The Bertz CT molecular complexity index is 620. The number of carboxylic acid groups (broad SMARTS) is 2. The molecule has 0 rings (SSSR count). The molecule has 194 valence electrons. The predicted molar refractivity (Wildman–Crippen MR) is 133 cm³/mol. The smallest absolute Gasteiger partial charge is 0.322 e. The highest BCUT2D eigenvalue weighted by atomic mass is 35.5. The molecule has 0 saturated heterocycles. The minimum atomic E-state index is -2.32. The number of aliphatic carboxylic acids is 2. The van der Waals surface area contributed by atoms with Gasteiger partial charge in [-0.3, -0.25) is 19.2 Å². The van der Waals surface area contributed by atoms with E-state index >= 15 is 0 Å². The molecule has 0 aliphatic heterocycles. The van der Waals surface area contributed by atoms with Gasteiger partial charge in [0.2, 0.25) is 0 Å². The van der Waals surface area contributed by atoms with Crippen LogP contribution in [0.5, 0.6) is 0 Å². The molecule has 4 unspecified atom stereocenters. The van der Waals surface area contributed by atoms with Crippen LogP contribution in [0.3, 0.4) is 0 Å². The first-order valence-electron chi connectivity index (χ1n) is 10.2. The Morgan fingerprint density at radius 3 is 1.48 bits per heavy atom. The van der Waals surface area contributed by atoms with E-state index in [2.05, 4.69) is 0 Å². The SMILES string of the molecule is Cl.NCCCCC(N)C(=O)C(SSCC(N)C(=O)O)(C(=O)C(N)CCCCN)C(N)C(=O)O. The largest absolute Gasteiger partial charge is 0.480 e. The molecule has 0 radical (unpaired) electrons. The molecule has 0 aliphatic rings. The van der Waals surface area contributed by atoms with Gasteiger partial charge in [0.25, 0.3) is 0 Å². The van der Waals surface area contributed by atoms with E-state index in [1.807, 2.05) is 0 Å². The first kappa shape index (κ1) is 34.2. The van der Waals surface area contributed by atoms with Crippen LogP contribution < -0.4 is 34.4 Å². The number of ketones is 2. The Morgan fingerprint density at radius 2 is 1.15 bits per heavy atom. The van der Waals surface area contributed by atoms with Gasteiger partial charge in [0.1, 0.15) is 12.1 Å². The molecule has 0 fully saturated rings. The van der Waals surface area contributed by atoms with E-state index < -0.39 is 52.4 Å². The topological polar surface area (TPSA) is 265 Å². The normalized spacial score (nSPS) is 16.5. The Balaban J connectivity index is 0. The summed E-state index contributed by atoms with van der Waals surface area (Å²) in [5.41, 5.74) is 34.4. The van der Waals surface area contributed by atoms with Crippen LogP contribution in [-0.4, -0.2) is 81.5 Å². The molecule has 0 bridgehead atoms. The lowest BCUT2D eigenvalue weighted by molar-refractivity contribution is -0.145. The molecule has 0 heterocycles. The summed E-state index contributed by atoms with van der Waals surface area (Å²) in [5, 5.41) is 18.6. The summed E-state index contributed by atoms with van der Waals surface area (Å²) in [5.74, 6) is -4.83. The zero-order valence-electron chi connectivity index (χ0n) is 18.4. The van der Waals surface area contributed by atoms with Crippen LogP contribution in [0.4, 0.5) is 0 Å². The molecule has 15 heteroatoms. The van der Waals surface area contributed by atoms with Crippen LogP contribution in [0.2, 0.25) is 0 Å². The molecule has 0 aromatic carbocycles. The number of carbonyl (C=O) groups excluding carboxylic acids is 2. The molecular formula is C18H37ClN6O6S2. The zero-order chi connectivity index (χ0) is 24.9. The number of hydrogen-bond donors (Lipinski definition) is 8. The summed E-state index contributed by atoms with van der Waals surface area (Å²) < 4.78 is -2.32. The predicted octanol–water partition coefficient (Wildman–Crippen LogP) is -1.60. The number of carboxylic acids is 2. The molecule has 0 saturated carbocycles. The monoisotopic (exact) mass is 532 g/mol. The number of hydrogen-bond acceptors (Lipinski definition) is 12. The Morgan fingerprint density at radius 1 is 0.727 bits per heavy atom. The lowest BCUT2D eigenvalue weighted by Crippen LogP contribution is -2.66. The van der Waals surface area contributed by atoms with E-state index in [-0.39, 0.29) is 31.0 Å². The van der Waals surface area contributed by atoms with Gasteiger partial charge in [-0.05, 0) is 38.8 Å². The highest BCUT2D eigenvalue weighted by molar-refractivity contribution is 8.77. The van der Waals surface area contributed by atoms with Crippen molar-refractivity contribution in [3.63, 3.8) is 0 Å².